The third-order valence-corrected chi connectivity index (χ3v) is 8.21. The van der Waals surface area contributed by atoms with Crippen molar-refractivity contribution in [2.75, 3.05) is 11.9 Å². The summed E-state index contributed by atoms with van der Waals surface area (Å²) in [5.74, 6) is 0.707. The van der Waals surface area contributed by atoms with E-state index in [2.05, 4.69) is 65.4 Å². The van der Waals surface area contributed by atoms with E-state index in [0.717, 1.165) is 50.3 Å². The first kappa shape index (κ1) is 28.6. The molecule has 7 heteroatoms. The molecule has 0 spiro atoms. The van der Waals surface area contributed by atoms with Crippen LogP contribution in [0.25, 0.3) is 40.0 Å². The summed E-state index contributed by atoms with van der Waals surface area (Å²) in [5.41, 5.74) is 7.43. The second kappa shape index (κ2) is 12.3. The Balaban J connectivity index is 0.00000337. The highest BCUT2D eigenvalue weighted by Crippen LogP contribution is 2.31. The molecule has 5 nitrogen and oxygen atoms in total. The lowest BCUT2D eigenvalue weighted by Gasteiger charge is -2.23. The minimum Gasteiger partial charge on any atom is -1.00 e. The molecule has 0 bridgehead atoms. The summed E-state index contributed by atoms with van der Waals surface area (Å²) < 4.78 is 11.7. The number of hydrogen-bond donors (Lipinski definition) is 0. The zero-order chi connectivity index (χ0) is 27.6. The summed E-state index contributed by atoms with van der Waals surface area (Å²) in [7, 11) is 2.04. The van der Waals surface area contributed by atoms with Crippen LogP contribution in [-0.2, 0) is 13.1 Å². The van der Waals surface area contributed by atoms with E-state index in [1.807, 2.05) is 67.9 Å². The first-order chi connectivity index (χ1) is 19.6. The largest absolute Gasteiger partial charge is 1.00 e. The van der Waals surface area contributed by atoms with Gasteiger partial charge in [0, 0.05) is 37.1 Å². The maximum atomic E-state index is 13.4. The Morgan fingerprint density at radius 2 is 1.78 bits per heavy atom. The van der Waals surface area contributed by atoms with Crippen LogP contribution in [0.2, 0.25) is 0 Å². The maximum Gasteiger partial charge on any atom is 0.377 e. The van der Waals surface area contributed by atoms with Crippen LogP contribution in [0, 0.1) is 0 Å². The summed E-state index contributed by atoms with van der Waals surface area (Å²) in [4.78, 5) is 15.5. The van der Waals surface area contributed by atoms with E-state index in [1.54, 1.807) is 10.6 Å². The van der Waals surface area contributed by atoms with Crippen LogP contribution in [0.3, 0.4) is 0 Å². The van der Waals surface area contributed by atoms with Gasteiger partial charge >= 0.3 is 5.89 Å². The van der Waals surface area contributed by atoms with Gasteiger partial charge in [0.15, 0.2) is 0 Å². The van der Waals surface area contributed by atoms with Crippen molar-refractivity contribution in [1.82, 2.24) is 4.57 Å². The molecule has 2 aromatic heterocycles. The van der Waals surface area contributed by atoms with E-state index >= 15 is 0 Å². The molecule has 0 radical (unpaired) electrons. The van der Waals surface area contributed by atoms with Gasteiger partial charge in [-0.1, -0.05) is 66.7 Å². The Morgan fingerprint density at radius 1 is 1.00 bits per heavy atom. The molecule has 206 valence electrons. The van der Waals surface area contributed by atoms with Crippen molar-refractivity contribution in [2.45, 2.75) is 20.0 Å². The minimum atomic E-state index is -0.0382. The standard InChI is InChI=1S/C34H30N3O2S.HI/c1-4-20-37-33(40-31(34(37)38)18-16-25-19-21-35(3)28-14-10-9-13-27(25)28)23-32-36(5-2)29-22-26(15-17-30(29)39-32)24-11-7-6-8-12-24;/h4,6-19,21-23H,1,5,20H2,2-3H3;1H/q+1;/p-1/b25-16+,31-18+;. The minimum absolute atomic E-state index is 0. The highest BCUT2D eigenvalue weighted by Gasteiger charge is 2.21. The van der Waals surface area contributed by atoms with Gasteiger partial charge in [-0.2, -0.15) is 4.57 Å². The Hall–Kier alpha value is -3.95. The lowest BCUT2D eigenvalue weighted by atomic mass is 10.00. The molecule has 6 rings (SSSR count). The molecule has 1 aliphatic heterocycles. The molecule has 1 aliphatic rings. The van der Waals surface area contributed by atoms with Crippen LogP contribution in [0.1, 0.15) is 18.4 Å². The van der Waals surface area contributed by atoms with Crippen molar-refractivity contribution in [3.05, 3.63) is 135 Å². The Labute approximate surface area is 260 Å². The molecule has 41 heavy (non-hydrogen) atoms. The van der Waals surface area contributed by atoms with E-state index in [9.17, 15) is 4.79 Å². The molecule has 0 amide bonds. The number of allylic oxidation sites excluding steroid dienone is 4. The summed E-state index contributed by atoms with van der Waals surface area (Å²) in [6, 6.07) is 24.9. The zero-order valence-electron chi connectivity index (χ0n) is 23.0. The van der Waals surface area contributed by atoms with Crippen LogP contribution in [0.15, 0.2) is 113 Å². The van der Waals surface area contributed by atoms with Gasteiger partial charge in [-0.3, -0.25) is 9.36 Å². The number of rotatable bonds is 6. The quantitative estimate of drug-likeness (QED) is 0.159. The lowest BCUT2D eigenvalue weighted by Crippen LogP contribution is -3.00. The van der Waals surface area contributed by atoms with Crippen molar-refractivity contribution in [1.29, 1.82) is 0 Å². The van der Waals surface area contributed by atoms with Crippen LogP contribution in [0.4, 0.5) is 5.69 Å². The highest BCUT2D eigenvalue weighted by molar-refractivity contribution is 7.07. The summed E-state index contributed by atoms with van der Waals surface area (Å²) in [6.45, 7) is 7.14. The van der Waals surface area contributed by atoms with Crippen molar-refractivity contribution in [2.24, 2.45) is 0 Å². The fourth-order valence-electron chi connectivity index (χ4n) is 5.11. The number of aryl methyl sites for hydroxylation is 1. The Kier molecular flexibility index (Phi) is 8.56. The zero-order valence-corrected chi connectivity index (χ0v) is 25.9. The van der Waals surface area contributed by atoms with Crippen LogP contribution in [0.5, 0.6) is 0 Å². The van der Waals surface area contributed by atoms with Gasteiger partial charge in [-0.25, -0.2) is 0 Å². The summed E-state index contributed by atoms with van der Waals surface area (Å²) in [5, 5.41) is 0. The van der Waals surface area contributed by atoms with Crippen LogP contribution >= 0.6 is 11.3 Å². The van der Waals surface area contributed by atoms with Crippen molar-refractivity contribution in [3.8, 4) is 11.1 Å². The van der Waals surface area contributed by atoms with Gasteiger partial charge in [0.25, 0.3) is 11.1 Å². The van der Waals surface area contributed by atoms with E-state index in [1.165, 1.54) is 11.3 Å². The number of fused-ring (bicyclic) bond motifs is 2. The molecule has 0 unspecified atom stereocenters. The number of oxazole rings is 1. The first-order valence-electron chi connectivity index (χ1n) is 13.3. The third-order valence-electron chi connectivity index (χ3n) is 7.14. The second-order valence-corrected chi connectivity index (χ2v) is 10.7. The molecular weight excluding hydrogens is 641 g/mol. The number of hydrogen-bond acceptors (Lipinski definition) is 4. The molecule has 0 saturated carbocycles. The van der Waals surface area contributed by atoms with E-state index in [4.69, 9.17) is 4.42 Å². The Bertz CT molecular complexity index is 1980. The predicted octanol–water partition coefficient (Wildman–Crippen LogP) is 2.48. The lowest BCUT2D eigenvalue weighted by molar-refractivity contribution is -0.674. The average Bonchev–Trinajstić information content (AvgIpc) is 3.49. The van der Waals surface area contributed by atoms with Gasteiger partial charge in [0.05, 0.1) is 10.6 Å². The summed E-state index contributed by atoms with van der Waals surface area (Å²) in [6.07, 6.45) is 11.8. The fourth-order valence-corrected chi connectivity index (χ4v) is 6.09. The number of nitrogens with zero attached hydrogens (tertiary/aromatic N) is 3. The summed E-state index contributed by atoms with van der Waals surface area (Å²) >= 11 is 1.46. The molecule has 0 atom stereocenters. The number of thiazole rings is 1. The van der Waals surface area contributed by atoms with Gasteiger partial charge < -0.3 is 33.3 Å². The van der Waals surface area contributed by atoms with Crippen LogP contribution in [-0.4, -0.2) is 11.6 Å². The SMILES string of the molecule is C=CCn1c(=O)/c(=C\C=C2/C=CN(C)c3ccccc32)s/c1=C\c1oc2ccc(-c3ccccc3)cc2[n+]1CC.[I-]. The normalized spacial score (nSPS) is 14.5. The molecular formula is C34H30IN3O2S. The van der Waals surface area contributed by atoms with E-state index in [-0.39, 0.29) is 29.5 Å². The average molecular weight is 672 g/mol. The van der Waals surface area contributed by atoms with E-state index < -0.39 is 0 Å². The van der Waals surface area contributed by atoms with E-state index in [0.29, 0.717) is 17.0 Å². The predicted molar refractivity (Wildman–Crippen MR) is 166 cm³/mol. The topological polar surface area (TPSA) is 42.3 Å². The third kappa shape index (κ3) is 5.52. The van der Waals surface area contributed by atoms with Gasteiger partial charge in [0.1, 0.15) is 11.2 Å². The number of anilines is 1. The first-order valence-corrected chi connectivity index (χ1v) is 14.2. The van der Waals surface area contributed by atoms with Crippen molar-refractivity contribution < 1.29 is 33.0 Å². The molecule has 3 heterocycles. The number of halogens is 1. The monoisotopic (exact) mass is 671 g/mol. The van der Waals surface area contributed by atoms with Gasteiger partial charge in [-0.05, 0) is 47.9 Å². The maximum absolute atomic E-state index is 13.4. The van der Waals surface area contributed by atoms with Crippen molar-refractivity contribution >= 4 is 45.8 Å². The number of para-hydroxylation sites is 1. The number of aromatic nitrogens is 2. The molecule has 0 aliphatic carbocycles. The smallest absolute Gasteiger partial charge is 0.377 e. The number of benzene rings is 3. The van der Waals surface area contributed by atoms with Gasteiger partial charge in [-0.15, -0.1) is 17.9 Å². The highest BCUT2D eigenvalue weighted by atomic mass is 127. The molecule has 0 fully saturated rings. The van der Waals surface area contributed by atoms with Crippen LogP contribution < -0.4 is 48.2 Å². The molecule has 0 N–H and O–H groups in total. The van der Waals surface area contributed by atoms with Crippen molar-refractivity contribution in [3.63, 3.8) is 0 Å². The van der Waals surface area contributed by atoms with Gasteiger partial charge in [0.2, 0.25) is 5.58 Å². The molecule has 0 saturated heterocycles. The Morgan fingerprint density at radius 3 is 2.56 bits per heavy atom. The second-order valence-electron chi connectivity index (χ2n) is 9.62. The molecule has 3 aromatic carbocycles. The fraction of sp³-hybridized carbons (Fsp3) is 0.118. The molecule has 5 aromatic rings.